The molecule has 4 nitrogen and oxygen atoms in total. The third-order valence-electron chi connectivity index (χ3n) is 3.62. The lowest BCUT2D eigenvalue weighted by atomic mass is 10.1. The van der Waals surface area contributed by atoms with Crippen LogP contribution in [0.4, 0.5) is 5.69 Å². The van der Waals surface area contributed by atoms with Crippen molar-refractivity contribution in [3.05, 3.63) is 29.8 Å². The lowest BCUT2D eigenvalue weighted by Crippen LogP contribution is -2.20. The van der Waals surface area contributed by atoms with E-state index in [9.17, 15) is 4.79 Å². The monoisotopic (exact) mass is 277 g/mol. The van der Waals surface area contributed by atoms with Gasteiger partial charge in [-0.15, -0.1) is 0 Å². The van der Waals surface area contributed by atoms with Gasteiger partial charge in [0.25, 0.3) is 0 Å². The minimum absolute atomic E-state index is 0.153. The van der Waals surface area contributed by atoms with Gasteiger partial charge in [-0.3, -0.25) is 4.79 Å². The molecule has 2 rings (SSSR count). The molecule has 1 aliphatic rings. The molecule has 0 radical (unpaired) electrons. The first kappa shape index (κ1) is 15.0. The van der Waals surface area contributed by atoms with E-state index in [2.05, 4.69) is 5.32 Å². The number of methoxy groups -OCH3 is 1. The number of rotatable bonds is 7. The molecule has 0 heterocycles. The zero-order valence-corrected chi connectivity index (χ0v) is 12.1. The minimum atomic E-state index is 0.153. The fraction of sp³-hybridized carbons (Fsp3) is 0.562. The van der Waals surface area contributed by atoms with Gasteiger partial charge in [0.2, 0.25) is 5.91 Å². The quantitative estimate of drug-likeness (QED) is 0.779. The van der Waals surface area contributed by atoms with Crippen LogP contribution in [0, 0.1) is 5.92 Å². The smallest absolute Gasteiger partial charge is 0.227 e. The Balaban J connectivity index is 1.83. The Bertz CT molecular complexity index is 427. The predicted molar refractivity (Wildman–Crippen MR) is 78.6 cm³/mol. The van der Waals surface area contributed by atoms with Crippen molar-refractivity contribution in [3.8, 4) is 0 Å². The molecule has 1 aromatic carbocycles. The van der Waals surface area contributed by atoms with Crippen molar-refractivity contribution in [3.63, 3.8) is 0 Å². The summed E-state index contributed by atoms with van der Waals surface area (Å²) in [6.07, 6.45) is 4.38. The molecule has 0 atom stereocenters. The Hall–Kier alpha value is -1.39. The number of ether oxygens (including phenoxy) is 2. The second-order valence-electron chi connectivity index (χ2n) is 5.22. The Morgan fingerprint density at radius 1 is 1.30 bits per heavy atom. The van der Waals surface area contributed by atoms with Crippen molar-refractivity contribution in [2.24, 2.45) is 5.92 Å². The summed E-state index contributed by atoms with van der Waals surface area (Å²) in [6.45, 7) is 1.71. The summed E-state index contributed by atoms with van der Waals surface area (Å²) in [5, 5.41) is 3.01. The van der Waals surface area contributed by atoms with E-state index in [0.717, 1.165) is 24.1 Å². The molecular weight excluding hydrogens is 254 g/mol. The Morgan fingerprint density at radius 2 is 2.10 bits per heavy atom. The standard InChI is InChI=1S/C16H23NO3/c1-19-9-10-20-12-13-5-4-8-15(11-13)17-16(18)14-6-2-3-7-14/h4-5,8,11,14H,2-3,6-7,9-10,12H2,1H3,(H,17,18). The van der Waals surface area contributed by atoms with Crippen LogP contribution in [0.1, 0.15) is 31.2 Å². The Labute approximate surface area is 120 Å². The Morgan fingerprint density at radius 3 is 2.85 bits per heavy atom. The second kappa shape index (κ2) is 8.02. The van der Waals surface area contributed by atoms with E-state index in [1.807, 2.05) is 24.3 Å². The van der Waals surface area contributed by atoms with E-state index < -0.39 is 0 Å². The van der Waals surface area contributed by atoms with Gasteiger partial charge >= 0.3 is 0 Å². The molecule has 0 aromatic heterocycles. The molecule has 1 aliphatic carbocycles. The minimum Gasteiger partial charge on any atom is -0.382 e. The summed E-state index contributed by atoms with van der Waals surface area (Å²) >= 11 is 0. The number of nitrogens with one attached hydrogen (secondary N) is 1. The number of anilines is 1. The number of hydrogen-bond donors (Lipinski definition) is 1. The van der Waals surface area contributed by atoms with Crippen molar-refractivity contribution in [2.75, 3.05) is 25.6 Å². The molecule has 1 amide bonds. The van der Waals surface area contributed by atoms with Crippen LogP contribution in [-0.2, 0) is 20.9 Å². The number of amides is 1. The summed E-state index contributed by atoms with van der Waals surface area (Å²) in [6, 6.07) is 7.84. The predicted octanol–water partition coefficient (Wildman–Crippen LogP) is 2.98. The lowest BCUT2D eigenvalue weighted by molar-refractivity contribution is -0.119. The molecule has 20 heavy (non-hydrogen) atoms. The van der Waals surface area contributed by atoms with Crippen LogP contribution in [0.5, 0.6) is 0 Å². The van der Waals surface area contributed by atoms with Crippen molar-refractivity contribution in [1.29, 1.82) is 0 Å². The first-order valence-corrected chi connectivity index (χ1v) is 7.26. The van der Waals surface area contributed by atoms with Gasteiger partial charge in [0.05, 0.1) is 19.8 Å². The van der Waals surface area contributed by atoms with Crippen LogP contribution < -0.4 is 5.32 Å². The highest BCUT2D eigenvalue weighted by atomic mass is 16.5. The van der Waals surface area contributed by atoms with Crippen LogP contribution in [0.2, 0.25) is 0 Å². The van der Waals surface area contributed by atoms with Crippen LogP contribution in [0.3, 0.4) is 0 Å². The number of benzene rings is 1. The highest BCUT2D eigenvalue weighted by Crippen LogP contribution is 2.26. The maximum atomic E-state index is 12.1. The number of hydrogen-bond acceptors (Lipinski definition) is 3. The molecule has 0 saturated heterocycles. The normalized spacial score (nSPS) is 15.4. The molecule has 0 spiro atoms. The van der Waals surface area contributed by atoms with E-state index in [4.69, 9.17) is 9.47 Å². The highest BCUT2D eigenvalue weighted by molar-refractivity contribution is 5.92. The molecule has 110 valence electrons. The molecule has 1 fully saturated rings. The summed E-state index contributed by atoms with van der Waals surface area (Å²) < 4.78 is 10.4. The summed E-state index contributed by atoms with van der Waals surface area (Å²) in [7, 11) is 1.66. The first-order valence-electron chi connectivity index (χ1n) is 7.26. The molecule has 4 heteroatoms. The first-order chi connectivity index (χ1) is 9.79. The molecule has 0 aliphatic heterocycles. The van der Waals surface area contributed by atoms with Crippen molar-refractivity contribution in [2.45, 2.75) is 32.3 Å². The maximum absolute atomic E-state index is 12.1. The molecule has 0 unspecified atom stereocenters. The topological polar surface area (TPSA) is 47.6 Å². The van der Waals surface area contributed by atoms with Crippen LogP contribution in [-0.4, -0.2) is 26.2 Å². The molecule has 1 aromatic rings. The average molecular weight is 277 g/mol. The molecule has 1 N–H and O–H groups in total. The van der Waals surface area contributed by atoms with E-state index in [0.29, 0.717) is 19.8 Å². The Kier molecular flexibility index (Phi) is 6.02. The van der Waals surface area contributed by atoms with Crippen molar-refractivity contribution in [1.82, 2.24) is 0 Å². The fourth-order valence-electron chi connectivity index (χ4n) is 2.50. The zero-order chi connectivity index (χ0) is 14.2. The van der Waals surface area contributed by atoms with E-state index in [1.165, 1.54) is 12.8 Å². The van der Waals surface area contributed by atoms with Crippen LogP contribution >= 0.6 is 0 Å². The van der Waals surface area contributed by atoms with E-state index in [-0.39, 0.29) is 11.8 Å². The van der Waals surface area contributed by atoms with Gasteiger partial charge in [-0.25, -0.2) is 0 Å². The van der Waals surface area contributed by atoms with Crippen LogP contribution in [0.15, 0.2) is 24.3 Å². The summed E-state index contributed by atoms with van der Waals surface area (Å²) in [5.41, 5.74) is 1.92. The third-order valence-corrected chi connectivity index (χ3v) is 3.62. The van der Waals surface area contributed by atoms with Gasteiger partial charge in [0, 0.05) is 18.7 Å². The van der Waals surface area contributed by atoms with Crippen molar-refractivity contribution >= 4 is 11.6 Å². The fourth-order valence-corrected chi connectivity index (χ4v) is 2.50. The van der Waals surface area contributed by atoms with E-state index in [1.54, 1.807) is 7.11 Å². The van der Waals surface area contributed by atoms with Crippen LogP contribution in [0.25, 0.3) is 0 Å². The average Bonchev–Trinajstić information content (AvgIpc) is 2.98. The van der Waals surface area contributed by atoms with Gasteiger partial charge < -0.3 is 14.8 Å². The molecular formula is C16H23NO3. The molecule has 1 saturated carbocycles. The van der Waals surface area contributed by atoms with Crippen molar-refractivity contribution < 1.29 is 14.3 Å². The largest absolute Gasteiger partial charge is 0.382 e. The van der Waals surface area contributed by atoms with E-state index >= 15 is 0 Å². The van der Waals surface area contributed by atoms with Gasteiger partial charge in [-0.05, 0) is 30.5 Å². The number of carbonyl (C=O) groups is 1. The highest BCUT2D eigenvalue weighted by Gasteiger charge is 2.22. The lowest BCUT2D eigenvalue weighted by Gasteiger charge is -2.11. The SMILES string of the molecule is COCCOCc1cccc(NC(=O)C2CCCC2)c1. The second-order valence-corrected chi connectivity index (χ2v) is 5.22. The summed E-state index contributed by atoms with van der Waals surface area (Å²) in [4.78, 5) is 12.1. The number of carbonyl (C=O) groups excluding carboxylic acids is 1. The van der Waals surface area contributed by atoms with Gasteiger partial charge in [0.15, 0.2) is 0 Å². The van der Waals surface area contributed by atoms with Gasteiger partial charge in [-0.1, -0.05) is 25.0 Å². The van der Waals surface area contributed by atoms with Gasteiger partial charge in [0.1, 0.15) is 0 Å². The summed E-state index contributed by atoms with van der Waals surface area (Å²) in [5.74, 6) is 0.344. The van der Waals surface area contributed by atoms with Gasteiger partial charge in [-0.2, -0.15) is 0 Å². The third kappa shape index (κ3) is 4.62. The zero-order valence-electron chi connectivity index (χ0n) is 12.1. The molecule has 0 bridgehead atoms. The maximum Gasteiger partial charge on any atom is 0.227 e.